The molecule has 0 saturated heterocycles. The van der Waals surface area contributed by atoms with Crippen LogP contribution in [-0.2, 0) is 20.8 Å². The number of nitrogens with zero attached hydrogens (tertiary/aromatic N) is 1. The Morgan fingerprint density at radius 1 is 1.06 bits per heavy atom. The van der Waals surface area contributed by atoms with Gasteiger partial charge < -0.3 is 31.1 Å². The predicted octanol–water partition coefficient (Wildman–Crippen LogP) is 0.188. The van der Waals surface area contributed by atoms with Crippen LogP contribution in [0, 0.1) is 5.92 Å². The van der Waals surface area contributed by atoms with Crippen LogP contribution in [0.5, 0.6) is 5.75 Å². The minimum atomic E-state index is -1.17. The summed E-state index contributed by atoms with van der Waals surface area (Å²) in [4.78, 5) is 55.5. The number of carboxylic acids is 1. The van der Waals surface area contributed by atoms with Crippen molar-refractivity contribution in [1.29, 1.82) is 0 Å². The van der Waals surface area contributed by atoms with Gasteiger partial charge in [0.15, 0.2) is 0 Å². The molecule has 11 nitrogen and oxygen atoms in total. The van der Waals surface area contributed by atoms with Crippen molar-refractivity contribution in [1.82, 2.24) is 25.9 Å². The molecule has 1 heterocycles. The molecule has 0 aliphatic carbocycles. The highest BCUT2D eigenvalue weighted by Crippen LogP contribution is 2.09. The number of carbonyl (C=O) groups excluding carboxylic acids is 3. The van der Waals surface area contributed by atoms with Crippen LogP contribution in [0.1, 0.15) is 36.3 Å². The number of benzene rings is 1. The molecular formula is C21H27N5O6. The Hall–Kier alpha value is -3.89. The van der Waals surface area contributed by atoms with Gasteiger partial charge in [-0.3, -0.25) is 14.4 Å². The molecule has 0 fully saturated rings. The topological polar surface area (TPSA) is 174 Å². The molecule has 1 aromatic heterocycles. The number of hydrogen-bond donors (Lipinski definition) is 6. The van der Waals surface area contributed by atoms with Crippen LogP contribution in [0.25, 0.3) is 0 Å². The van der Waals surface area contributed by atoms with Gasteiger partial charge in [-0.1, -0.05) is 13.8 Å². The van der Waals surface area contributed by atoms with Gasteiger partial charge in [0.2, 0.25) is 11.8 Å². The number of rotatable bonds is 11. The molecule has 0 bridgehead atoms. The third kappa shape index (κ3) is 7.74. The summed E-state index contributed by atoms with van der Waals surface area (Å²) in [6.45, 7) is 3.27. The second kappa shape index (κ2) is 11.5. The third-order valence-electron chi connectivity index (χ3n) is 4.48. The van der Waals surface area contributed by atoms with Gasteiger partial charge >= 0.3 is 5.97 Å². The van der Waals surface area contributed by atoms with Crippen LogP contribution < -0.4 is 16.0 Å². The zero-order valence-corrected chi connectivity index (χ0v) is 17.8. The summed E-state index contributed by atoms with van der Waals surface area (Å²) in [5.74, 6) is -2.97. The van der Waals surface area contributed by atoms with Crippen molar-refractivity contribution in [2.45, 2.75) is 38.8 Å². The molecule has 2 rings (SSSR count). The van der Waals surface area contributed by atoms with Crippen molar-refractivity contribution in [2.24, 2.45) is 5.92 Å². The molecule has 3 amide bonds. The van der Waals surface area contributed by atoms with Crippen molar-refractivity contribution < 1.29 is 29.4 Å². The number of carboxylic acid groups (broad SMARTS) is 1. The fourth-order valence-corrected chi connectivity index (χ4v) is 2.91. The Balaban J connectivity index is 2.01. The lowest BCUT2D eigenvalue weighted by atomic mass is 10.0. The first-order valence-corrected chi connectivity index (χ1v) is 10.0. The molecule has 0 unspecified atom stereocenters. The van der Waals surface area contributed by atoms with E-state index in [9.17, 15) is 29.4 Å². The Kier molecular flexibility index (Phi) is 8.75. The number of aliphatic carboxylic acids is 1. The number of aromatic amines is 1. The average Bonchev–Trinajstić information content (AvgIpc) is 3.24. The number of phenols is 1. The van der Waals surface area contributed by atoms with E-state index in [4.69, 9.17) is 0 Å². The quantitative estimate of drug-likeness (QED) is 0.286. The summed E-state index contributed by atoms with van der Waals surface area (Å²) in [6, 6.07) is 3.29. The van der Waals surface area contributed by atoms with E-state index in [1.54, 1.807) is 6.20 Å². The molecule has 0 saturated carbocycles. The van der Waals surface area contributed by atoms with Gasteiger partial charge in [0.05, 0.1) is 18.6 Å². The fraction of sp³-hybridized carbons (Fsp3) is 0.381. The molecule has 0 spiro atoms. The summed E-state index contributed by atoms with van der Waals surface area (Å²) in [5.41, 5.74) is 0.744. The lowest BCUT2D eigenvalue weighted by Gasteiger charge is -2.22. The van der Waals surface area contributed by atoms with E-state index in [0.29, 0.717) is 5.69 Å². The van der Waals surface area contributed by atoms with Crippen molar-refractivity contribution >= 4 is 23.7 Å². The van der Waals surface area contributed by atoms with Gasteiger partial charge in [-0.25, -0.2) is 9.78 Å². The second-order valence-corrected chi connectivity index (χ2v) is 7.64. The first-order chi connectivity index (χ1) is 15.2. The Labute approximate surface area is 184 Å². The number of hydrogen-bond acceptors (Lipinski definition) is 6. The molecule has 2 aromatic rings. The van der Waals surface area contributed by atoms with E-state index in [0.717, 1.165) is 0 Å². The molecule has 172 valence electrons. The van der Waals surface area contributed by atoms with E-state index in [1.807, 2.05) is 13.8 Å². The minimum absolute atomic E-state index is 0.00338. The molecule has 1 aromatic carbocycles. The van der Waals surface area contributed by atoms with E-state index in [1.165, 1.54) is 30.6 Å². The maximum Gasteiger partial charge on any atom is 0.326 e. The monoisotopic (exact) mass is 445 g/mol. The Morgan fingerprint density at radius 3 is 2.31 bits per heavy atom. The molecule has 2 atom stereocenters. The number of amides is 3. The first kappa shape index (κ1) is 24.4. The average molecular weight is 445 g/mol. The van der Waals surface area contributed by atoms with Gasteiger partial charge in [-0.2, -0.15) is 0 Å². The Morgan fingerprint density at radius 2 is 1.75 bits per heavy atom. The van der Waals surface area contributed by atoms with Crippen LogP contribution in [-0.4, -0.2) is 62.5 Å². The Bertz CT molecular complexity index is 927. The van der Waals surface area contributed by atoms with Gasteiger partial charge in [0, 0.05) is 18.2 Å². The second-order valence-electron chi connectivity index (χ2n) is 7.64. The predicted molar refractivity (Wildman–Crippen MR) is 114 cm³/mol. The van der Waals surface area contributed by atoms with Gasteiger partial charge in [-0.15, -0.1) is 0 Å². The van der Waals surface area contributed by atoms with E-state index in [-0.39, 0.29) is 30.1 Å². The molecule has 32 heavy (non-hydrogen) atoms. The van der Waals surface area contributed by atoms with Crippen LogP contribution in [0.3, 0.4) is 0 Å². The van der Waals surface area contributed by atoms with Crippen LogP contribution in [0.15, 0.2) is 36.8 Å². The number of nitrogens with one attached hydrogen (secondary N) is 4. The smallest absolute Gasteiger partial charge is 0.326 e. The highest BCUT2D eigenvalue weighted by atomic mass is 16.4. The summed E-state index contributed by atoms with van der Waals surface area (Å²) >= 11 is 0. The molecule has 0 aliphatic heterocycles. The van der Waals surface area contributed by atoms with Crippen molar-refractivity contribution in [3.05, 3.63) is 48.0 Å². The number of aromatic hydroxyl groups is 1. The van der Waals surface area contributed by atoms with Crippen LogP contribution >= 0.6 is 0 Å². The zero-order chi connectivity index (χ0) is 23.7. The summed E-state index contributed by atoms with van der Waals surface area (Å²) < 4.78 is 0. The lowest BCUT2D eigenvalue weighted by Crippen LogP contribution is -2.54. The van der Waals surface area contributed by atoms with Crippen molar-refractivity contribution in [3.63, 3.8) is 0 Å². The molecule has 0 radical (unpaired) electrons. The fourth-order valence-electron chi connectivity index (χ4n) is 2.91. The van der Waals surface area contributed by atoms with E-state index in [2.05, 4.69) is 25.9 Å². The minimum Gasteiger partial charge on any atom is -0.508 e. The van der Waals surface area contributed by atoms with Crippen molar-refractivity contribution in [3.8, 4) is 5.75 Å². The summed E-state index contributed by atoms with van der Waals surface area (Å²) in [7, 11) is 0. The molecule has 0 aliphatic rings. The lowest BCUT2D eigenvalue weighted by molar-refractivity contribution is -0.142. The summed E-state index contributed by atoms with van der Waals surface area (Å²) in [5, 5.41) is 26.1. The SMILES string of the molecule is CC(C)C[C@H](NC(=O)[C@H](Cc1c[nH]cn1)NC(=O)CNC(=O)c1ccc(O)cc1)C(=O)O. The highest BCUT2D eigenvalue weighted by Gasteiger charge is 2.27. The standard InChI is InChI=1S/C21H27N5O6/c1-12(2)7-17(21(31)32)26-20(30)16(8-14-9-22-11-24-14)25-18(28)10-23-19(29)13-3-5-15(27)6-4-13/h3-6,9,11-12,16-17,27H,7-8,10H2,1-2H3,(H,22,24)(H,23,29)(H,25,28)(H,26,30)(H,31,32)/t16-,17-/m0/s1. The van der Waals surface area contributed by atoms with Crippen LogP contribution in [0.2, 0.25) is 0 Å². The van der Waals surface area contributed by atoms with Crippen LogP contribution in [0.4, 0.5) is 0 Å². The molecular weight excluding hydrogens is 418 g/mol. The number of carbonyl (C=O) groups is 4. The van der Waals surface area contributed by atoms with Crippen molar-refractivity contribution in [2.75, 3.05) is 6.54 Å². The number of imidazole rings is 1. The maximum atomic E-state index is 12.8. The number of aromatic nitrogens is 2. The zero-order valence-electron chi connectivity index (χ0n) is 17.8. The largest absolute Gasteiger partial charge is 0.508 e. The highest BCUT2D eigenvalue weighted by molar-refractivity contribution is 5.97. The maximum absolute atomic E-state index is 12.8. The number of phenolic OH excluding ortho intramolecular Hbond substituents is 1. The number of H-pyrrole nitrogens is 1. The van der Waals surface area contributed by atoms with Gasteiger partial charge in [0.1, 0.15) is 17.8 Å². The molecule has 6 N–H and O–H groups in total. The van der Waals surface area contributed by atoms with Gasteiger partial charge in [-0.05, 0) is 36.6 Å². The molecule has 11 heteroatoms. The van der Waals surface area contributed by atoms with E-state index >= 15 is 0 Å². The third-order valence-corrected chi connectivity index (χ3v) is 4.48. The van der Waals surface area contributed by atoms with Gasteiger partial charge in [0.25, 0.3) is 5.91 Å². The first-order valence-electron chi connectivity index (χ1n) is 10.0. The normalized spacial score (nSPS) is 12.6. The summed E-state index contributed by atoms with van der Waals surface area (Å²) in [6.07, 6.45) is 3.23. The van der Waals surface area contributed by atoms with E-state index < -0.39 is 42.3 Å².